The molecule has 128 valence electrons. The second kappa shape index (κ2) is 7.82. The molecule has 5 nitrogen and oxygen atoms in total. The number of halogens is 2. The van der Waals surface area contributed by atoms with Crippen LogP contribution in [-0.2, 0) is 4.84 Å². The van der Waals surface area contributed by atoms with Gasteiger partial charge in [0.1, 0.15) is 0 Å². The van der Waals surface area contributed by atoms with Gasteiger partial charge in [-0.1, -0.05) is 39.7 Å². The van der Waals surface area contributed by atoms with Crippen molar-refractivity contribution in [1.82, 2.24) is 15.3 Å². The van der Waals surface area contributed by atoms with Crippen molar-refractivity contribution in [3.05, 3.63) is 69.8 Å². The van der Waals surface area contributed by atoms with Crippen LogP contribution in [0.3, 0.4) is 0 Å². The Balaban J connectivity index is 2.07. The summed E-state index contributed by atoms with van der Waals surface area (Å²) in [6.07, 6.45) is 0. The van der Waals surface area contributed by atoms with E-state index in [0.29, 0.717) is 11.6 Å². The molecule has 1 N–H and O–H groups in total. The molecule has 1 amide bonds. The zero-order valence-corrected chi connectivity index (χ0v) is 15.7. The molecule has 2 aromatic carbocycles. The number of benzene rings is 2. The van der Waals surface area contributed by atoms with E-state index in [0.717, 1.165) is 21.4 Å². The molecule has 3 aromatic rings. The first kappa shape index (κ1) is 17.7. The van der Waals surface area contributed by atoms with Gasteiger partial charge < -0.3 is 0 Å². The smallest absolute Gasteiger partial charge is 0.274 e. The minimum Gasteiger partial charge on any atom is -0.274 e. The van der Waals surface area contributed by atoms with Crippen LogP contribution in [0.5, 0.6) is 0 Å². The third kappa shape index (κ3) is 4.10. The first-order valence-corrected chi connectivity index (χ1v) is 8.79. The Hall–Kier alpha value is -2.15. The molecular weight excluding hydrogens is 406 g/mol. The van der Waals surface area contributed by atoms with Gasteiger partial charge in [-0.05, 0) is 49.4 Å². The predicted octanol–water partition coefficient (Wildman–Crippen LogP) is 4.64. The van der Waals surface area contributed by atoms with Crippen molar-refractivity contribution < 1.29 is 9.63 Å². The maximum absolute atomic E-state index is 12.2. The highest BCUT2D eigenvalue weighted by molar-refractivity contribution is 9.10. The lowest BCUT2D eigenvalue weighted by atomic mass is 10.1. The Labute approximate surface area is 158 Å². The molecule has 3 rings (SSSR count). The Morgan fingerprint density at radius 3 is 2.52 bits per heavy atom. The fourth-order valence-corrected chi connectivity index (χ4v) is 2.68. The van der Waals surface area contributed by atoms with E-state index in [1.807, 2.05) is 36.4 Å². The lowest BCUT2D eigenvalue weighted by Gasteiger charge is -2.08. The van der Waals surface area contributed by atoms with E-state index in [2.05, 4.69) is 26.5 Å². The number of aromatic nitrogens is 2. The average Bonchev–Trinajstić information content (AvgIpc) is 3.06. The van der Waals surface area contributed by atoms with Gasteiger partial charge in [0.05, 0.1) is 18.0 Å². The minimum absolute atomic E-state index is 0.265. The van der Waals surface area contributed by atoms with Crippen molar-refractivity contribution in [2.75, 3.05) is 6.61 Å². The first-order chi connectivity index (χ1) is 12.1. The summed E-state index contributed by atoms with van der Waals surface area (Å²) in [5.41, 5.74) is 5.16. The molecule has 1 heterocycles. The zero-order valence-electron chi connectivity index (χ0n) is 13.4. The monoisotopic (exact) mass is 419 g/mol. The summed E-state index contributed by atoms with van der Waals surface area (Å²) in [4.78, 5) is 17.2. The molecule has 7 heteroatoms. The van der Waals surface area contributed by atoms with Crippen LogP contribution in [0.4, 0.5) is 0 Å². The van der Waals surface area contributed by atoms with Gasteiger partial charge >= 0.3 is 0 Å². The fourth-order valence-electron chi connectivity index (χ4n) is 2.29. The largest absolute Gasteiger partial charge is 0.295 e. The Morgan fingerprint density at radius 2 is 1.88 bits per heavy atom. The highest BCUT2D eigenvalue weighted by atomic mass is 79.9. The summed E-state index contributed by atoms with van der Waals surface area (Å²) in [5.74, 6) is -0.395. The van der Waals surface area contributed by atoms with E-state index in [1.165, 1.54) is 0 Å². The van der Waals surface area contributed by atoms with Gasteiger partial charge in [0.2, 0.25) is 0 Å². The maximum Gasteiger partial charge on any atom is 0.295 e. The topological polar surface area (TPSA) is 56.1 Å². The molecule has 0 atom stereocenters. The van der Waals surface area contributed by atoms with Crippen LogP contribution in [0.1, 0.15) is 17.4 Å². The molecule has 0 saturated carbocycles. The van der Waals surface area contributed by atoms with E-state index < -0.39 is 5.91 Å². The van der Waals surface area contributed by atoms with Gasteiger partial charge in [0.15, 0.2) is 5.69 Å². The van der Waals surface area contributed by atoms with Crippen molar-refractivity contribution in [3.63, 3.8) is 0 Å². The van der Waals surface area contributed by atoms with Crippen molar-refractivity contribution in [1.29, 1.82) is 0 Å². The summed E-state index contributed by atoms with van der Waals surface area (Å²) in [6, 6.07) is 16.8. The molecule has 0 aliphatic heterocycles. The Morgan fingerprint density at radius 1 is 1.20 bits per heavy atom. The van der Waals surface area contributed by atoms with Gasteiger partial charge in [-0.3, -0.25) is 9.63 Å². The van der Waals surface area contributed by atoms with Crippen LogP contribution < -0.4 is 5.48 Å². The molecule has 0 aliphatic carbocycles. The van der Waals surface area contributed by atoms with Crippen LogP contribution in [-0.4, -0.2) is 22.3 Å². The lowest BCUT2D eigenvalue weighted by Crippen LogP contribution is -2.24. The van der Waals surface area contributed by atoms with E-state index in [4.69, 9.17) is 16.4 Å². The van der Waals surface area contributed by atoms with Crippen LogP contribution in [0.25, 0.3) is 16.9 Å². The van der Waals surface area contributed by atoms with E-state index in [1.54, 1.807) is 29.8 Å². The molecule has 0 radical (unpaired) electrons. The molecule has 0 bridgehead atoms. The minimum atomic E-state index is -0.395. The summed E-state index contributed by atoms with van der Waals surface area (Å²) in [5, 5.41) is 5.07. The first-order valence-electron chi connectivity index (χ1n) is 7.62. The van der Waals surface area contributed by atoms with Crippen LogP contribution in [0, 0.1) is 0 Å². The summed E-state index contributed by atoms with van der Waals surface area (Å²) < 4.78 is 2.68. The molecule has 0 saturated heterocycles. The van der Waals surface area contributed by atoms with Gasteiger partial charge in [-0.2, -0.15) is 5.10 Å². The van der Waals surface area contributed by atoms with Crippen LogP contribution in [0.15, 0.2) is 59.1 Å². The molecule has 0 aliphatic rings. The summed E-state index contributed by atoms with van der Waals surface area (Å²) in [6.45, 7) is 2.17. The normalized spacial score (nSPS) is 10.7. The summed E-state index contributed by atoms with van der Waals surface area (Å²) >= 11 is 9.40. The zero-order chi connectivity index (χ0) is 17.8. The van der Waals surface area contributed by atoms with Crippen molar-refractivity contribution in [2.45, 2.75) is 6.92 Å². The third-order valence-corrected chi connectivity index (χ3v) is 4.24. The van der Waals surface area contributed by atoms with Crippen molar-refractivity contribution in [3.8, 4) is 16.9 Å². The van der Waals surface area contributed by atoms with E-state index >= 15 is 0 Å². The van der Waals surface area contributed by atoms with Gasteiger partial charge in [0.25, 0.3) is 5.91 Å². The number of hydrogen-bond acceptors (Lipinski definition) is 3. The second-order valence-corrected chi connectivity index (χ2v) is 6.53. The van der Waals surface area contributed by atoms with E-state index in [9.17, 15) is 4.79 Å². The van der Waals surface area contributed by atoms with Crippen LogP contribution in [0.2, 0.25) is 5.02 Å². The highest BCUT2D eigenvalue weighted by Crippen LogP contribution is 2.26. The van der Waals surface area contributed by atoms with Gasteiger partial charge in [-0.15, -0.1) is 0 Å². The van der Waals surface area contributed by atoms with E-state index in [-0.39, 0.29) is 5.69 Å². The van der Waals surface area contributed by atoms with Crippen LogP contribution >= 0.6 is 27.5 Å². The van der Waals surface area contributed by atoms with Gasteiger partial charge in [-0.25, -0.2) is 10.2 Å². The standard InChI is InChI=1S/C18H15BrClN3O2/c1-2-25-22-18(24)16-11-17(12-3-5-13(19)6-4-12)23(21-16)15-9-7-14(20)8-10-15/h3-11H,2H2,1H3,(H,22,24). The molecule has 0 spiro atoms. The van der Waals surface area contributed by atoms with Gasteiger partial charge in [0, 0.05) is 15.1 Å². The second-order valence-electron chi connectivity index (χ2n) is 5.17. The third-order valence-electron chi connectivity index (χ3n) is 3.46. The number of carbonyl (C=O) groups excluding carboxylic acids is 1. The highest BCUT2D eigenvalue weighted by Gasteiger charge is 2.17. The number of nitrogens with zero attached hydrogens (tertiary/aromatic N) is 2. The number of carbonyl (C=O) groups is 1. The molecule has 25 heavy (non-hydrogen) atoms. The summed E-state index contributed by atoms with van der Waals surface area (Å²) in [7, 11) is 0. The molecular formula is C18H15BrClN3O2. The number of rotatable bonds is 5. The van der Waals surface area contributed by atoms with Crippen molar-refractivity contribution >= 4 is 33.4 Å². The average molecular weight is 421 g/mol. The van der Waals surface area contributed by atoms with Crippen molar-refractivity contribution in [2.24, 2.45) is 0 Å². The maximum atomic E-state index is 12.2. The molecule has 0 unspecified atom stereocenters. The number of hydroxylamine groups is 1. The Kier molecular flexibility index (Phi) is 5.53. The number of nitrogens with one attached hydrogen (secondary N) is 1. The molecule has 0 fully saturated rings. The lowest BCUT2D eigenvalue weighted by molar-refractivity contribution is 0.0359. The number of hydrogen-bond donors (Lipinski definition) is 1. The molecule has 1 aromatic heterocycles. The quantitative estimate of drug-likeness (QED) is 0.612. The fraction of sp³-hybridized carbons (Fsp3) is 0.111. The number of amides is 1. The Bertz CT molecular complexity index is 813. The SMILES string of the molecule is CCONC(=O)c1cc(-c2ccc(Br)cc2)n(-c2ccc(Cl)cc2)n1. The predicted molar refractivity (Wildman–Crippen MR) is 101 cm³/mol.